The Bertz CT molecular complexity index is 1480. The number of aromatic nitrogens is 5. The van der Waals surface area contributed by atoms with E-state index in [1.165, 1.54) is 12.1 Å². The zero-order chi connectivity index (χ0) is 24.3. The van der Waals surface area contributed by atoms with Crippen LogP contribution in [0.1, 0.15) is 18.3 Å². The van der Waals surface area contributed by atoms with Crippen molar-refractivity contribution < 1.29 is 17.9 Å². The van der Waals surface area contributed by atoms with Crippen molar-refractivity contribution in [3.05, 3.63) is 64.3 Å². The van der Waals surface area contributed by atoms with Crippen LogP contribution in [0.4, 0.5) is 0 Å². The second-order valence-electron chi connectivity index (χ2n) is 7.66. The third-order valence-corrected chi connectivity index (χ3v) is 6.33. The number of nitrogens with one attached hydrogen (secondary N) is 1. The number of nitrogens with zero attached hydrogens (tertiary/aromatic N) is 4. The van der Waals surface area contributed by atoms with Gasteiger partial charge in [-0.3, -0.25) is 14.5 Å². The average Bonchev–Trinajstić information content (AvgIpc) is 3.17. The van der Waals surface area contributed by atoms with Gasteiger partial charge in [0, 0.05) is 19.6 Å². The van der Waals surface area contributed by atoms with Crippen molar-refractivity contribution in [3.8, 4) is 17.1 Å². The summed E-state index contributed by atoms with van der Waals surface area (Å²) in [6.07, 6.45) is 3.36. The lowest BCUT2D eigenvalue weighted by Gasteiger charge is -2.12. The molecule has 34 heavy (non-hydrogen) atoms. The van der Waals surface area contributed by atoms with E-state index in [4.69, 9.17) is 9.47 Å². The molecule has 0 aliphatic carbocycles. The van der Waals surface area contributed by atoms with Crippen molar-refractivity contribution in [2.45, 2.75) is 24.8 Å². The molecule has 0 aliphatic rings. The number of hydrogen-bond donors (Lipinski definition) is 1. The standard InChI is InChI=1S/C23H25N5O5S/c1-4-18-20-21(28(27-18)14-15-7-5-6-10-24-15)23(29)26-22(25-20)17-13-16(34(3,30)31)8-9-19(17)33-12-11-32-2/h5-10,13H,4,11-12,14H2,1-3H3,(H,25,26,29). The highest BCUT2D eigenvalue weighted by Crippen LogP contribution is 2.31. The molecule has 1 N–H and O–H groups in total. The molecule has 1 aromatic carbocycles. The van der Waals surface area contributed by atoms with Crippen LogP contribution in [-0.4, -0.2) is 59.7 Å². The smallest absolute Gasteiger partial charge is 0.277 e. The maximum Gasteiger partial charge on any atom is 0.277 e. The summed E-state index contributed by atoms with van der Waals surface area (Å²) in [5.41, 5.74) is 2.15. The van der Waals surface area contributed by atoms with Crippen molar-refractivity contribution in [2.75, 3.05) is 26.6 Å². The zero-order valence-corrected chi connectivity index (χ0v) is 19.9. The maximum absolute atomic E-state index is 13.2. The van der Waals surface area contributed by atoms with Gasteiger partial charge in [0.15, 0.2) is 15.4 Å². The molecule has 3 heterocycles. The minimum absolute atomic E-state index is 0.0888. The average molecular weight is 484 g/mol. The van der Waals surface area contributed by atoms with Gasteiger partial charge in [-0.2, -0.15) is 5.10 Å². The predicted octanol–water partition coefficient (Wildman–Crippen LogP) is 2.22. The van der Waals surface area contributed by atoms with E-state index in [1.807, 2.05) is 25.1 Å². The molecular weight excluding hydrogens is 458 g/mol. The summed E-state index contributed by atoms with van der Waals surface area (Å²) < 4.78 is 36.8. The molecule has 178 valence electrons. The lowest BCUT2D eigenvalue weighted by atomic mass is 10.1. The molecular formula is C23H25N5O5S. The van der Waals surface area contributed by atoms with Gasteiger partial charge in [0.25, 0.3) is 5.56 Å². The molecule has 4 rings (SSSR count). The summed E-state index contributed by atoms with van der Waals surface area (Å²) in [4.78, 5) is 25.1. The van der Waals surface area contributed by atoms with Gasteiger partial charge < -0.3 is 14.5 Å². The lowest BCUT2D eigenvalue weighted by molar-refractivity contribution is 0.146. The van der Waals surface area contributed by atoms with E-state index in [-0.39, 0.29) is 17.3 Å². The second kappa shape index (κ2) is 9.74. The van der Waals surface area contributed by atoms with Crippen molar-refractivity contribution in [1.82, 2.24) is 24.7 Å². The number of aromatic amines is 1. The van der Waals surface area contributed by atoms with Crippen LogP contribution < -0.4 is 10.3 Å². The molecule has 4 aromatic rings. The third-order valence-electron chi connectivity index (χ3n) is 5.22. The Hall–Kier alpha value is -3.57. The zero-order valence-electron chi connectivity index (χ0n) is 19.1. The van der Waals surface area contributed by atoms with E-state index in [9.17, 15) is 13.2 Å². The van der Waals surface area contributed by atoms with E-state index in [2.05, 4.69) is 20.1 Å². The van der Waals surface area contributed by atoms with Gasteiger partial charge in [0.1, 0.15) is 23.7 Å². The van der Waals surface area contributed by atoms with Crippen LogP contribution in [0.5, 0.6) is 5.75 Å². The number of pyridine rings is 1. The van der Waals surface area contributed by atoms with Gasteiger partial charge in [-0.1, -0.05) is 13.0 Å². The molecule has 0 bridgehead atoms. The Balaban J connectivity index is 1.87. The number of sulfone groups is 1. The summed E-state index contributed by atoms with van der Waals surface area (Å²) >= 11 is 0. The van der Waals surface area contributed by atoms with Crippen LogP contribution in [0.15, 0.2) is 52.3 Å². The fraction of sp³-hybridized carbons (Fsp3) is 0.304. The molecule has 10 nitrogen and oxygen atoms in total. The number of ether oxygens (including phenoxy) is 2. The molecule has 11 heteroatoms. The Morgan fingerprint density at radius 3 is 2.65 bits per heavy atom. The fourth-order valence-electron chi connectivity index (χ4n) is 3.56. The number of hydrogen-bond acceptors (Lipinski definition) is 8. The van der Waals surface area contributed by atoms with E-state index in [1.54, 1.807) is 24.1 Å². The topological polar surface area (TPSA) is 129 Å². The van der Waals surface area contributed by atoms with Crippen LogP contribution in [-0.2, 0) is 27.5 Å². The normalized spacial score (nSPS) is 11.7. The summed E-state index contributed by atoms with van der Waals surface area (Å²) in [6, 6.07) is 10.0. The SMILES string of the molecule is CCc1nn(Cc2ccccn2)c2c(=O)[nH]c(-c3cc(S(C)(=O)=O)ccc3OCCOC)nc12. The van der Waals surface area contributed by atoms with Crippen LogP contribution in [0.2, 0.25) is 0 Å². The number of H-pyrrole nitrogens is 1. The van der Waals surface area contributed by atoms with Crippen molar-refractivity contribution >= 4 is 20.9 Å². The number of benzene rings is 1. The third kappa shape index (κ3) is 4.85. The van der Waals surface area contributed by atoms with E-state index < -0.39 is 15.4 Å². The number of fused-ring (bicyclic) bond motifs is 1. The van der Waals surface area contributed by atoms with Crippen LogP contribution in [0, 0.1) is 0 Å². The second-order valence-corrected chi connectivity index (χ2v) is 9.68. The molecule has 0 amide bonds. The minimum atomic E-state index is -3.49. The molecule has 0 aliphatic heterocycles. The van der Waals surface area contributed by atoms with Gasteiger partial charge in [-0.25, -0.2) is 13.4 Å². The Morgan fingerprint density at radius 2 is 1.97 bits per heavy atom. The van der Waals surface area contributed by atoms with E-state index >= 15 is 0 Å². The van der Waals surface area contributed by atoms with Crippen LogP contribution >= 0.6 is 0 Å². The predicted molar refractivity (Wildman–Crippen MR) is 127 cm³/mol. The summed E-state index contributed by atoms with van der Waals surface area (Å²) in [5.74, 6) is 0.577. The Kier molecular flexibility index (Phi) is 6.75. The first-order valence-electron chi connectivity index (χ1n) is 10.7. The van der Waals surface area contributed by atoms with Gasteiger partial charge in [0.05, 0.1) is 35.0 Å². The summed E-state index contributed by atoms with van der Waals surface area (Å²) in [7, 11) is -1.94. The molecule has 3 aromatic heterocycles. The fourth-order valence-corrected chi connectivity index (χ4v) is 4.21. The first-order valence-corrected chi connectivity index (χ1v) is 12.6. The molecule has 0 unspecified atom stereocenters. The first kappa shape index (κ1) is 23.6. The number of rotatable bonds is 9. The monoisotopic (exact) mass is 483 g/mol. The van der Waals surface area contributed by atoms with E-state index in [0.29, 0.717) is 47.6 Å². The molecule has 0 radical (unpaired) electrons. The van der Waals surface area contributed by atoms with E-state index in [0.717, 1.165) is 11.9 Å². The molecule has 0 saturated heterocycles. The minimum Gasteiger partial charge on any atom is -0.490 e. The van der Waals surface area contributed by atoms with Crippen molar-refractivity contribution in [1.29, 1.82) is 0 Å². The number of methoxy groups -OCH3 is 1. The van der Waals surface area contributed by atoms with Crippen LogP contribution in [0.25, 0.3) is 22.4 Å². The summed E-state index contributed by atoms with van der Waals surface area (Å²) in [6.45, 7) is 2.84. The molecule has 0 atom stereocenters. The van der Waals surface area contributed by atoms with Gasteiger partial charge in [0.2, 0.25) is 0 Å². The van der Waals surface area contributed by atoms with Gasteiger partial charge in [-0.15, -0.1) is 0 Å². The number of aryl methyl sites for hydroxylation is 1. The first-order chi connectivity index (χ1) is 16.3. The molecule has 0 fully saturated rings. The quantitative estimate of drug-likeness (QED) is 0.359. The van der Waals surface area contributed by atoms with Crippen molar-refractivity contribution in [2.24, 2.45) is 0 Å². The Labute approximate surface area is 196 Å². The highest BCUT2D eigenvalue weighted by Gasteiger charge is 2.20. The lowest BCUT2D eigenvalue weighted by Crippen LogP contribution is -2.15. The molecule has 0 saturated carbocycles. The maximum atomic E-state index is 13.2. The highest BCUT2D eigenvalue weighted by atomic mass is 32.2. The Morgan fingerprint density at radius 1 is 1.15 bits per heavy atom. The highest BCUT2D eigenvalue weighted by molar-refractivity contribution is 7.90. The van der Waals surface area contributed by atoms with Gasteiger partial charge in [-0.05, 0) is 36.8 Å². The van der Waals surface area contributed by atoms with Gasteiger partial charge >= 0.3 is 0 Å². The summed E-state index contributed by atoms with van der Waals surface area (Å²) in [5, 5.41) is 4.59. The largest absolute Gasteiger partial charge is 0.490 e. The van der Waals surface area contributed by atoms with Crippen LogP contribution in [0.3, 0.4) is 0 Å². The van der Waals surface area contributed by atoms with Crippen molar-refractivity contribution in [3.63, 3.8) is 0 Å². The molecule has 0 spiro atoms.